The lowest BCUT2D eigenvalue weighted by molar-refractivity contribution is 0.306. The molecule has 2 aromatic heterocycles. The van der Waals surface area contributed by atoms with Crippen LogP contribution in [0.15, 0.2) is 60.6 Å². The second kappa shape index (κ2) is 10.4. The zero-order valence-corrected chi connectivity index (χ0v) is 18.6. The third-order valence-electron chi connectivity index (χ3n) is 5.22. The van der Waals surface area contributed by atoms with Crippen LogP contribution >= 0.6 is 12.2 Å². The number of aromatic nitrogens is 3. The Morgan fingerprint density at radius 1 is 1.13 bits per heavy atom. The number of allylic oxidation sites excluding steroid dienone is 4. The molecule has 0 saturated carbocycles. The molecule has 31 heavy (non-hydrogen) atoms. The highest BCUT2D eigenvalue weighted by Crippen LogP contribution is 2.26. The Bertz CT molecular complexity index is 1120. The maximum absolute atomic E-state index is 6.09. The summed E-state index contributed by atoms with van der Waals surface area (Å²) >= 11 is 5.49. The van der Waals surface area contributed by atoms with Crippen LogP contribution in [-0.2, 0) is 13.0 Å². The number of rotatable bonds is 10. The van der Waals surface area contributed by atoms with Gasteiger partial charge >= 0.3 is 0 Å². The Kier molecular flexibility index (Phi) is 7.10. The van der Waals surface area contributed by atoms with Crippen LogP contribution in [0.2, 0.25) is 0 Å². The van der Waals surface area contributed by atoms with Gasteiger partial charge in [-0.05, 0) is 55.6 Å². The highest BCUT2D eigenvalue weighted by atomic mass is 32.1. The van der Waals surface area contributed by atoms with Gasteiger partial charge in [-0.25, -0.2) is 4.98 Å². The van der Waals surface area contributed by atoms with Gasteiger partial charge in [0, 0.05) is 36.6 Å². The first-order valence-electron chi connectivity index (χ1n) is 10.8. The highest BCUT2D eigenvalue weighted by Gasteiger charge is 2.10. The van der Waals surface area contributed by atoms with Gasteiger partial charge in [0.25, 0.3) is 0 Å². The molecular formula is C25H27N3O2S. The van der Waals surface area contributed by atoms with Crippen molar-refractivity contribution in [3.05, 3.63) is 71.7 Å². The number of hydrogen-bond donors (Lipinski definition) is 1. The minimum absolute atomic E-state index is 0.404. The van der Waals surface area contributed by atoms with Gasteiger partial charge in [-0.3, -0.25) is 4.98 Å². The Morgan fingerprint density at radius 3 is 2.84 bits per heavy atom. The first-order valence-corrected chi connectivity index (χ1v) is 11.2. The van der Waals surface area contributed by atoms with Gasteiger partial charge in [0.1, 0.15) is 23.6 Å². The number of aryl methyl sites for hydroxylation is 1. The molecule has 1 aliphatic carbocycles. The summed E-state index contributed by atoms with van der Waals surface area (Å²) < 4.78 is 12.1. The first kappa shape index (κ1) is 21.2. The van der Waals surface area contributed by atoms with Gasteiger partial charge in [0.2, 0.25) is 0 Å². The summed E-state index contributed by atoms with van der Waals surface area (Å²) in [6, 6.07) is 6.04. The molecule has 0 bridgehead atoms. The van der Waals surface area contributed by atoms with Crippen molar-refractivity contribution < 1.29 is 9.47 Å². The smallest absolute Gasteiger partial charge is 0.167 e. The van der Waals surface area contributed by atoms with Crippen LogP contribution in [0, 0.1) is 0 Å². The number of hydrogen-bond acceptors (Lipinski definition) is 5. The molecule has 0 saturated heterocycles. The topological polar surface area (TPSA) is 60.0 Å². The molecule has 1 N–H and O–H groups in total. The summed E-state index contributed by atoms with van der Waals surface area (Å²) in [5, 5.41) is 0.623. The fourth-order valence-corrected chi connectivity index (χ4v) is 3.94. The minimum Gasteiger partial charge on any atom is -0.489 e. The number of fused-ring (bicyclic) bond motifs is 1. The molecule has 4 rings (SSSR count). The lowest BCUT2D eigenvalue weighted by atomic mass is 10.1. The second-order valence-corrected chi connectivity index (χ2v) is 8.16. The van der Waals surface area contributed by atoms with Crippen molar-refractivity contribution in [2.24, 2.45) is 0 Å². The fourth-order valence-electron chi connectivity index (χ4n) is 3.70. The standard InChI is InChI=1S/C25H27N3O2S/c1-2-6-19-13-21(29-17-20-16-28-25-24(20)26-11-12-27-25)15-22(14-19)30-23(31)10-5-9-18-7-3-4-8-18/h3-4,7,11-16H,2,5-6,8-10,17H2,1H3,(H,27,28). The fraction of sp³-hybridized carbons (Fsp3) is 0.320. The maximum atomic E-state index is 6.09. The van der Waals surface area contributed by atoms with Gasteiger partial charge in [-0.2, -0.15) is 0 Å². The molecule has 3 aromatic rings. The SMILES string of the molecule is CCCc1cc(OCc2c[nH]c3nccnc23)cc(OC(=S)CCCC2=CC=CC2)c1. The number of thiocarbonyl (C=S) groups is 1. The van der Waals surface area contributed by atoms with Crippen molar-refractivity contribution >= 4 is 28.4 Å². The molecule has 0 fully saturated rings. The van der Waals surface area contributed by atoms with E-state index < -0.39 is 0 Å². The predicted octanol–water partition coefficient (Wildman–Crippen LogP) is 6.25. The van der Waals surface area contributed by atoms with Crippen molar-refractivity contribution in [1.82, 2.24) is 15.0 Å². The van der Waals surface area contributed by atoms with Gasteiger partial charge in [-0.15, -0.1) is 0 Å². The van der Waals surface area contributed by atoms with Crippen LogP contribution < -0.4 is 9.47 Å². The lowest BCUT2D eigenvalue weighted by Gasteiger charge is -2.12. The molecule has 0 radical (unpaired) electrons. The number of H-pyrrole nitrogens is 1. The summed E-state index contributed by atoms with van der Waals surface area (Å²) in [4.78, 5) is 11.8. The van der Waals surface area contributed by atoms with Crippen molar-refractivity contribution in [3.8, 4) is 11.5 Å². The molecule has 1 aromatic carbocycles. The van der Waals surface area contributed by atoms with Crippen molar-refractivity contribution in [2.45, 2.75) is 52.1 Å². The van der Waals surface area contributed by atoms with Crippen LogP contribution in [0.5, 0.6) is 11.5 Å². The summed E-state index contributed by atoms with van der Waals surface area (Å²) in [5.41, 5.74) is 5.21. The third-order valence-corrected chi connectivity index (χ3v) is 5.50. The third kappa shape index (κ3) is 5.79. The highest BCUT2D eigenvalue weighted by molar-refractivity contribution is 7.80. The monoisotopic (exact) mass is 433 g/mol. The van der Waals surface area contributed by atoms with Gasteiger partial charge in [-0.1, -0.05) is 37.1 Å². The molecule has 160 valence electrons. The van der Waals surface area contributed by atoms with E-state index in [1.807, 2.05) is 12.3 Å². The molecule has 5 nitrogen and oxygen atoms in total. The molecule has 0 atom stereocenters. The van der Waals surface area contributed by atoms with Crippen LogP contribution in [0.3, 0.4) is 0 Å². The van der Waals surface area contributed by atoms with E-state index in [2.05, 4.69) is 52.2 Å². The lowest BCUT2D eigenvalue weighted by Crippen LogP contribution is -2.06. The van der Waals surface area contributed by atoms with Gasteiger partial charge in [0.15, 0.2) is 10.7 Å². The van der Waals surface area contributed by atoms with Crippen LogP contribution in [0.25, 0.3) is 11.2 Å². The normalized spacial score (nSPS) is 12.9. The van der Waals surface area contributed by atoms with E-state index in [1.54, 1.807) is 12.4 Å². The number of ether oxygens (including phenoxy) is 2. The second-order valence-electron chi connectivity index (χ2n) is 7.70. The van der Waals surface area contributed by atoms with E-state index in [4.69, 9.17) is 21.7 Å². The number of nitrogens with zero attached hydrogens (tertiary/aromatic N) is 2. The van der Waals surface area contributed by atoms with Crippen LogP contribution in [0.4, 0.5) is 0 Å². The summed E-state index contributed by atoms with van der Waals surface area (Å²) in [6.45, 7) is 2.57. The van der Waals surface area contributed by atoms with E-state index in [0.29, 0.717) is 11.7 Å². The van der Waals surface area contributed by atoms with E-state index >= 15 is 0 Å². The Balaban J connectivity index is 1.38. The van der Waals surface area contributed by atoms with Crippen LogP contribution in [0.1, 0.15) is 50.2 Å². The molecule has 0 unspecified atom stereocenters. The summed E-state index contributed by atoms with van der Waals surface area (Å²) in [6.07, 6.45) is 17.7. The van der Waals surface area contributed by atoms with Gasteiger partial charge < -0.3 is 14.5 Å². The zero-order valence-electron chi connectivity index (χ0n) is 17.8. The molecule has 2 heterocycles. The van der Waals surface area contributed by atoms with E-state index in [0.717, 1.165) is 66.8 Å². The molecule has 0 amide bonds. The van der Waals surface area contributed by atoms with Crippen molar-refractivity contribution in [1.29, 1.82) is 0 Å². The average Bonchev–Trinajstić information content (AvgIpc) is 3.42. The number of benzene rings is 1. The van der Waals surface area contributed by atoms with E-state index in [9.17, 15) is 0 Å². The molecule has 0 spiro atoms. The van der Waals surface area contributed by atoms with Crippen molar-refractivity contribution in [2.75, 3.05) is 0 Å². The summed E-state index contributed by atoms with van der Waals surface area (Å²) in [7, 11) is 0. The van der Waals surface area contributed by atoms with E-state index in [-0.39, 0.29) is 0 Å². The minimum atomic E-state index is 0.404. The Hall–Kier alpha value is -2.99. The molecule has 1 aliphatic rings. The molecule has 0 aliphatic heterocycles. The number of aromatic amines is 1. The number of nitrogens with one attached hydrogen (secondary N) is 1. The van der Waals surface area contributed by atoms with Crippen molar-refractivity contribution in [3.63, 3.8) is 0 Å². The average molecular weight is 434 g/mol. The quantitative estimate of drug-likeness (QED) is 0.383. The van der Waals surface area contributed by atoms with E-state index in [1.165, 1.54) is 11.1 Å². The van der Waals surface area contributed by atoms with Crippen LogP contribution in [-0.4, -0.2) is 20.0 Å². The Morgan fingerprint density at radius 2 is 2.00 bits per heavy atom. The molecule has 6 heteroatoms. The predicted molar refractivity (Wildman–Crippen MR) is 128 cm³/mol. The van der Waals surface area contributed by atoms with Gasteiger partial charge in [0.05, 0.1) is 0 Å². The first-order chi connectivity index (χ1) is 15.2. The Labute approximate surface area is 188 Å². The summed E-state index contributed by atoms with van der Waals surface area (Å²) in [5.74, 6) is 1.51. The largest absolute Gasteiger partial charge is 0.489 e. The maximum Gasteiger partial charge on any atom is 0.167 e. The zero-order chi connectivity index (χ0) is 21.5. The molecular weight excluding hydrogens is 406 g/mol.